The average molecular weight is 354 g/mol. The van der Waals surface area contributed by atoms with E-state index in [4.69, 9.17) is 4.74 Å². The van der Waals surface area contributed by atoms with Gasteiger partial charge in [0.25, 0.3) is 5.91 Å². The summed E-state index contributed by atoms with van der Waals surface area (Å²) in [6.07, 6.45) is 1.71. The summed E-state index contributed by atoms with van der Waals surface area (Å²) in [6.45, 7) is 9.51. The predicted octanol–water partition coefficient (Wildman–Crippen LogP) is 2.18. The van der Waals surface area contributed by atoms with Crippen molar-refractivity contribution >= 4 is 12.1 Å². The van der Waals surface area contributed by atoms with E-state index in [1.807, 2.05) is 0 Å². The van der Waals surface area contributed by atoms with Gasteiger partial charge in [-0.1, -0.05) is 12.1 Å². The second kappa shape index (κ2) is 8.29. The Morgan fingerprint density at radius 2 is 2.00 bits per heavy atom. The maximum Gasteiger partial charge on any atom is 0.254 e. The fourth-order valence-electron chi connectivity index (χ4n) is 3.25. The fourth-order valence-corrected chi connectivity index (χ4v) is 3.25. The van der Waals surface area contributed by atoms with E-state index in [0.29, 0.717) is 19.8 Å². The number of nitrogens with zero attached hydrogens (tertiary/aromatic N) is 3. The van der Waals surface area contributed by atoms with E-state index in [1.165, 1.54) is 5.56 Å². The predicted molar refractivity (Wildman–Crippen MR) is 103 cm³/mol. The monoisotopic (exact) mass is 354 g/mol. The molecule has 2 heterocycles. The summed E-state index contributed by atoms with van der Waals surface area (Å²) in [5, 5.41) is 4.14. The van der Waals surface area contributed by atoms with Crippen molar-refractivity contribution < 1.29 is 9.53 Å². The van der Waals surface area contributed by atoms with Crippen LogP contribution < -0.4 is 5.43 Å². The van der Waals surface area contributed by atoms with Crippen molar-refractivity contribution in [3.8, 4) is 5.69 Å². The first-order valence-electron chi connectivity index (χ1n) is 8.92. The average Bonchev–Trinajstić information content (AvgIpc) is 2.89. The van der Waals surface area contributed by atoms with Crippen LogP contribution in [0.5, 0.6) is 0 Å². The third-order valence-corrected chi connectivity index (χ3v) is 4.59. The molecule has 0 atom stereocenters. The Morgan fingerprint density at radius 3 is 2.73 bits per heavy atom. The molecule has 0 saturated carbocycles. The molecule has 6 nitrogen and oxygen atoms in total. The van der Waals surface area contributed by atoms with Gasteiger partial charge in [-0.15, -0.1) is 0 Å². The molecule has 138 valence electrons. The Kier molecular flexibility index (Phi) is 5.85. The van der Waals surface area contributed by atoms with Crippen LogP contribution in [0.15, 0.2) is 35.4 Å². The van der Waals surface area contributed by atoms with Crippen LogP contribution in [0.25, 0.3) is 5.69 Å². The van der Waals surface area contributed by atoms with Crippen molar-refractivity contribution in [1.29, 1.82) is 0 Å². The summed E-state index contributed by atoms with van der Waals surface area (Å²) >= 11 is 0. The number of hydrogen-bond donors (Lipinski definition) is 1. The van der Waals surface area contributed by atoms with Crippen LogP contribution in [-0.2, 0) is 9.53 Å². The molecule has 1 saturated heterocycles. The largest absolute Gasteiger partial charge is 0.379 e. The van der Waals surface area contributed by atoms with Gasteiger partial charge in [0, 0.05) is 35.7 Å². The molecule has 1 amide bonds. The van der Waals surface area contributed by atoms with Gasteiger partial charge in [0.05, 0.1) is 26.0 Å². The molecule has 6 heteroatoms. The lowest BCUT2D eigenvalue weighted by Gasteiger charge is -2.25. The summed E-state index contributed by atoms with van der Waals surface area (Å²) in [6, 6.07) is 10.5. The van der Waals surface area contributed by atoms with Gasteiger partial charge in [-0.2, -0.15) is 5.10 Å². The maximum absolute atomic E-state index is 12.0. The first kappa shape index (κ1) is 18.4. The quantitative estimate of drug-likeness (QED) is 0.661. The van der Waals surface area contributed by atoms with Gasteiger partial charge in [-0.25, -0.2) is 5.43 Å². The highest BCUT2D eigenvalue weighted by molar-refractivity contribution is 5.84. The van der Waals surface area contributed by atoms with Crippen LogP contribution in [0.4, 0.5) is 0 Å². The summed E-state index contributed by atoms with van der Waals surface area (Å²) in [7, 11) is 0. The van der Waals surface area contributed by atoms with Crippen molar-refractivity contribution in [3.05, 3.63) is 52.8 Å². The zero-order chi connectivity index (χ0) is 18.5. The van der Waals surface area contributed by atoms with Gasteiger partial charge >= 0.3 is 0 Å². The third kappa shape index (κ3) is 4.39. The summed E-state index contributed by atoms with van der Waals surface area (Å²) in [4.78, 5) is 14.1. The van der Waals surface area contributed by atoms with Crippen LogP contribution in [-0.4, -0.2) is 54.4 Å². The zero-order valence-corrected chi connectivity index (χ0v) is 15.7. The van der Waals surface area contributed by atoms with E-state index in [-0.39, 0.29) is 5.91 Å². The highest BCUT2D eigenvalue weighted by Crippen LogP contribution is 2.20. The molecule has 1 aromatic heterocycles. The number of carbonyl (C=O) groups excluding carboxylic acids is 1. The molecule has 1 aromatic carbocycles. The Balaban J connectivity index is 1.65. The minimum atomic E-state index is -0.101. The number of hydrogen-bond acceptors (Lipinski definition) is 4. The SMILES string of the molecule is Cc1cccc(-n2c(C)cc(/C=N/NC(=O)CN3CCOCC3)c2C)c1. The Labute approximate surface area is 154 Å². The van der Waals surface area contributed by atoms with Crippen LogP contribution >= 0.6 is 0 Å². The first-order valence-corrected chi connectivity index (χ1v) is 8.92. The van der Waals surface area contributed by atoms with Crippen LogP contribution in [0.3, 0.4) is 0 Å². The van der Waals surface area contributed by atoms with E-state index < -0.39 is 0 Å². The van der Waals surface area contributed by atoms with E-state index in [0.717, 1.165) is 35.7 Å². The molecule has 1 N–H and O–H groups in total. The standard InChI is InChI=1S/C20H26N4O2/c1-15-5-4-6-19(11-15)24-16(2)12-18(17(24)3)13-21-22-20(25)14-23-7-9-26-10-8-23/h4-6,11-13H,7-10,14H2,1-3H3,(H,22,25)/b21-13+. The lowest BCUT2D eigenvalue weighted by molar-refractivity contribution is -0.123. The lowest BCUT2D eigenvalue weighted by atomic mass is 10.2. The highest BCUT2D eigenvalue weighted by atomic mass is 16.5. The molecular formula is C20H26N4O2. The first-order chi connectivity index (χ1) is 12.5. The second-order valence-corrected chi connectivity index (χ2v) is 6.68. The van der Waals surface area contributed by atoms with Crippen LogP contribution in [0.2, 0.25) is 0 Å². The Morgan fingerprint density at radius 1 is 1.23 bits per heavy atom. The Hall–Kier alpha value is -2.44. The van der Waals surface area contributed by atoms with Crippen LogP contribution in [0.1, 0.15) is 22.5 Å². The number of benzene rings is 1. The fraction of sp³-hybridized carbons (Fsp3) is 0.400. The molecule has 1 aliphatic heterocycles. The molecule has 1 aliphatic rings. The number of nitrogens with one attached hydrogen (secondary N) is 1. The van der Waals surface area contributed by atoms with Gasteiger partial charge in [0.1, 0.15) is 0 Å². The van der Waals surface area contributed by atoms with Gasteiger partial charge in [-0.05, 0) is 44.5 Å². The van der Waals surface area contributed by atoms with E-state index in [1.54, 1.807) is 6.21 Å². The van der Waals surface area contributed by atoms with Gasteiger partial charge < -0.3 is 9.30 Å². The maximum atomic E-state index is 12.0. The van der Waals surface area contributed by atoms with Gasteiger partial charge in [0.2, 0.25) is 0 Å². The van der Waals surface area contributed by atoms with E-state index in [9.17, 15) is 4.79 Å². The van der Waals surface area contributed by atoms with Crippen molar-refractivity contribution in [2.45, 2.75) is 20.8 Å². The molecule has 2 aromatic rings. The normalized spacial score (nSPS) is 15.5. The van der Waals surface area contributed by atoms with Crippen molar-refractivity contribution in [2.24, 2.45) is 5.10 Å². The molecule has 3 rings (SSSR count). The van der Waals surface area contributed by atoms with Gasteiger partial charge in [0.15, 0.2) is 0 Å². The molecular weight excluding hydrogens is 328 g/mol. The number of carbonyl (C=O) groups is 1. The van der Waals surface area contributed by atoms with Crippen LogP contribution in [0, 0.1) is 20.8 Å². The summed E-state index contributed by atoms with van der Waals surface area (Å²) in [5.41, 5.74) is 8.21. The second-order valence-electron chi connectivity index (χ2n) is 6.68. The topological polar surface area (TPSA) is 58.9 Å². The highest BCUT2D eigenvalue weighted by Gasteiger charge is 2.14. The number of hydrazone groups is 1. The number of aryl methyl sites for hydroxylation is 2. The molecule has 0 aliphatic carbocycles. The molecule has 26 heavy (non-hydrogen) atoms. The number of rotatable bonds is 5. The number of morpholine rings is 1. The smallest absolute Gasteiger partial charge is 0.254 e. The van der Waals surface area contributed by atoms with Crippen molar-refractivity contribution in [2.75, 3.05) is 32.8 Å². The molecule has 1 fully saturated rings. The summed E-state index contributed by atoms with van der Waals surface area (Å²) in [5.74, 6) is -0.101. The number of aromatic nitrogens is 1. The van der Waals surface area contributed by atoms with Crippen molar-refractivity contribution in [1.82, 2.24) is 14.9 Å². The minimum Gasteiger partial charge on any atom is -0.379 e. The summed E-state index contributed by atoms with van der Waals surface area (Å²) < 4.78 is 7.48. The Bertz CT molecular complexity index is 804. The lowest BCUT2D eigenvalue weighted by Crippen LogP contribution is -2.42. The molecule has 0 bridgehead atoms. The molecule has 0 unspecified atom stereocenters. The molecule has 0 radical (unpaired) electrons. The van der Waals surface area contributed by atoms with E-state index in [2.05, 4.69) is 71.1 Å². The number of amides is 1. The number of ether oxygens (including phenoxy) is 1. The third-order valence-electron chi connectivity index (χ3n) is 4.59. The van der Waals surface area contributed by atoms with Gasteiger partial charge in [-0.3, -0.25) is 9.69 Å². The van der Waals surface area contributed by atoms with E-state index >= 15 is 0 Å². The molecule has 0 spiro atoms. The minimum absolute atomic E-state index is 0.101. The van der Waals surface area contributed by atoms with Crippen molar-refractivity contribution in [3.63, 3.8) is 0 Å². The zero-order valence-electron chi connectivity index (χ0n) is 15.7.